The van der Waals surface area contributed by atoms with Gasteiger partial charge in [0.25, 0.3) is 0 Å². The second-order valence-corrected chi connectivity index (χ2v) is 7.71. The van der Waals surface area contributed by atoms with E-state index in [1.54, 1.807) is 0 Å². The van der Waals surface area contributed by atoms with Crippen LogP contribution in [0.2, 0.25) is 0 Å². The summed E-state index contributed by atoms with van der Waals surface area (Å²) >= 11 is 0. The van der Waals surface area contributed by atoms with Crippen LogP contribution in [-0.2, 0) is 19.8 Å². The van der Waals surface area contributed by atoms with Crippen LogP contribution in [0.25, 0.3) is 0 Å². The van der Waals surface area contributed by atoms with Crippen molar-refractivity contribution in [2.24, 2.45) is 17.4 Å². The fourth-order valence-electron chi connectivity index (χ4n) is 2.89. The summed E-state index contributed by atoms with van der Waals surface area (Å²) in [6, 6.07) is 6.50. The first kappa shape index (κ1) is 22.6. The van der Waals surface area contributed by atoms with E-state index < -0.39 is 29.7 Å². The molecule has 1 unspecified atom stereocenters. The van der Waals surface area contributed by atoms with Crippen molar-refractivity contribution in [2.75, 3.05) is 6.54 Å². The fraction of sp³-hybridized carbons (Fsp3) is 0.550. The van der Waals surface area contributed by atoms with Gasteiger partial charge in [0, 0.05) is 6.54 Å². The molecule has 2 atom stereocenters. The number of nitrogens with two attached hydrogens (primary N) is 2. The fourth-order valence-corrected chi connectivity index (χ4v) is 2.89. The molecule has 2 amide bonds. The Balaban J connectivity index is 2.94. The number of aliphatic carboxylic acids is 1. The Morgan fingerprint density at radius 1 is 1.19 bits per heavy atom. The summed E-state index contributed by atoms with van der Waals surface area (Å²) in [6.45, 7) is 8.54. The second-order valence-electron chi connectivity index (χ2n) is 7.71. The number of carboxylic acids is 1. The molecule has 7 heteroatoms. The molecule has 7 nitrogen and oxygen atoms in total. The maximum absolute atomic E-state index is 11.9. The van der Waals surface area contributed by atoms with E-state index in [2.05, 4.69) is 33.0 Å². The number of primary amides is 1. The van der Waals surface area contributed by atoms with Crippen LogP contribution in [0, 0.1) is 5.92 Å². The third kappa shape index (κ3) is 6.06. The number of carbonyl (C=O) groups excluding carboxylic acids is 2. The molecule has 0 spiro atoms. The Kier molecular flexibility index (Phi) is 7.97. The highest BCUT2D eigenvalue weighted by molar-refractivity contribution is 5.87. The van der Waals surface area contributed by atoms with E-state index >= 15 is 0 Å². The van der Waals surface area contributed by atoms with Crippen molar-refractivity contribution in [3.05, 3.63) is 35.4 Å². The Bertz CT molecular complexity index is 686. The molecule has 1 aromatic carbocycles. The number of amides is 2. The maximum atomic E-state index is 11.9. The van der Waals surface area contributed by atoms with Gasteiger partial charge in [0.2, 0.25) is 11.8 Å². The molecule has 0 fully saturated rings. The second kappa shape index (κ2) is 9.50. The number of carbonyl (C=O) groups is 3. The Morgan fingerprint density at radius 3 is 2.30 bits per heavy atom. The van der Waals surface area contributed by atoms with Crippen LogP contribution < -0.4 is 16.8 Å². The van der Waals surface area contributed by atoms with E-state index in [1.165, 1.54) is 0 Å². The molecule has 0 aliphatic carbocycles. The largest absolute Gasteiger partial charge is 0.481 e. The summed E-state index contributed by atoms with van der Waals surface area (Å²) in [5.41, 5.74) is 12.2. The lowest BCUT2D eigenvalue weighted by molar-refractivity contribution is -0.139. The lowest BCUT2D eigenvalue weighted by atomic mass is 9.71. The van der Waals surface area contributed by atoms with Gasteiger partial charge in [-0.1, -0.05) is 52.0 Å². The van der Waals surface area contributed by atoms with Gasteiger partial charge in [0.05, 0.1) is 18.4 Å². The highest BCUT2D eigenvalue weighted by Crippen LogP contribution is 2.37. The summed E-state index contributed by atoms with van der Waals surface area (Å²) in [5, 5.41) is 12.3. The van der Waals surface area contributed by atoms with E-state index in [4.69, 9.17) is 11.5 Å². The summed E-state index contributed by atoms with van der Waals surface area (Å²) < 4.78 is 0. The molecule has 0 aliphatic heterocycles. The molecular weight excluding hydrogens is 346 g/mol. The summed E-state index contributed by atoms with van der Waals surface area (Å²) in [5.74, 6) is -2.57. The minimum absolute atomic E-state index is 0.138. The van der Waals surface area contributed by atoms with E-state index in [9.17, 15) is 19.5 Å². The van der Waals surface area contributed by atoms with Gasteiger partial charge < -0.3 is 21.9 Å². The molecule has 0 saturated carbocycles. The van der Waals surface area contributed by atoms with Crippen molar-refractivity contribution in [3.8, 4) is 0 Å². The quantitative estimate of drug-likeness (QED) is 0.490. The van der Waals surface area contributed by atoms with Crippen LogP contribution in [0.3, 0.4) is 0 Å². The Hall–Kier alpha value is -2.41. The van der Waals surface area contributed by atoms with Gasteiger partial charge in [0.15, 0.2) is 0 Å². The molecule has 0 aliphatic rings. The third-order valence-electron chi connectivity index (χ3n) is 5.26. The lowest BCUT2D eigenvalue weighted by Gasteiger charge is -2.33. The zero-order chi connectivity index (χ0) is 20.8. The molecule has 0 bridgehead atoms. The van der Waals surface area contributed by atoms with E-state index in [1.807, 2.05) is 24.3 Å². The number of benzene rings is 1. The smallest absolute Gasteiger partial charge is 0.311 e. The van der Waals surface area contributed by atoms with Crippen LogP contribution in [0.15, 0.2) is 24.3 Å². The van der Waals surface area contributed by atoms with Crippen molar-refractivity contribution >= 4 is 17.8 Å². The number of carboxylic acid groups (broad SMARTS) is 1. The van der Waals surface area contributed by atoms with Gasteiger partial charge in [-0.25, -0.2) is 0 Å². The van der Waals surface area contributed by atoms with E-state index in [0.29, 0.717) is 5.92 Å². The summed E-state index contributed by atoms with van der Waals surface area (Å²) in [7, 11) is 0. The van der Waals surface area contributed by atoms with Gasteiger partial charge in [-0.15, -0.1) is 0 Å². The highest BCUT2D eigenvalue weighted by atomic mass is 16.4. The molecule has 0 radical (unpaired) electrons. The SMILES string of the molecule is CC(C)C(C)(C)c1ccccc1C(CCNC(=O)[C@@H](N)CC(N)=O)C(=O)O. The molecule has 0 saturated heterocycles. The monoisotopic (exact) mass is 377 g/mol. The van der Waals surface area contributed by atoms with Gasteiger partial charge in [-0.2, -0.15) is 0 Å². The van der Waals surface area contributed by atoms with Crippen LogP contribution in [0.5, 0.6) is 0 Å². The van der Waals surface area contributed by atoms with Crippen LogP contribution in [0.4, 0.5) is 0 Å². The minimum Gasteiger partial charge on any atom is -0.481 e. The van der Waals surface area contributed by atoms with Crippen LogP contribution >= 0.6 is 0 Å². The average molecular weight is 377 g/mol. The number of rotatable bonds is 10. The van der Waals surface area contributed by atoms with Gasteiger partial charge in [0.1, 0.15) is 0 Å². The lowest BCUT2D eigenvalue weighted by Crippen LogP contribution is -2.43. The third-order valence-corrected chi connectivity index (χ3v) is 5.26. The van der Waals surface area contributed by atoms with E-state index in [0.717, 1.165) is 11.1 Å². The van der Waals surface area contributed by atoms with Gasteiger partial charge >= 0.3 is 5.97 Å². The Labute approximate surface area is 160 Å². The van der Waals surface area contributed by atoms with Crippen molar-refractivity contribution in [3.63, 3.8) is 0 Å². The van der Waals surface area contributed by atoms with Gasteiger partial charge in [-0.05, 0) is 28.9 Å². The molecule has 6 N–H and O–H groups in total. The van der Waals surface area contributed by atoms with Crippen molar-refractivity contribution in [1.82, 2.24) is 5.32 Å². The average Bonchev–Trinajstić information content (AvgIpc) is 2.57. The zero-order valence-electron chi connectivity index (χ0n) is 16.5. The maximum Gasteiger partial charge on any atom is 0.311 e. The van der Waals surface area contributed by atoms with Crippen molar-refractivity contribution < 1.29 is 19.5 Å². The topological polar surface area (TPSA) is 136 Å². The molecule has 1 aromatic rings. The molecule has 1 rings (SSSR count). The van der Waals surface area contributed by atoms with Crippen molar-refractivity contribution in [2.45, 2.75) is 57.9 Å². The van der Waals surface area contributed by atoms with Gasteiger partial charge in [-0.3, -0.25) is 14.4 Å². The minimum atomic E-state index is -1.03. The highest BCUT2D eigenvalue weighted by Gasteiger charge is 2.31. The van der Waals surface area contributed by atoms with E-state index in [-0.39, 0.29) is 24.8 Å². The molecule has 27 heavy (non-hydrogen) atoms. The predicted octanol–water partition coefficient (Wildman–Crippen LogP) is 1.50. The predicted molar refractivity (Wildman–Crippen MR) is 104 cm³/mol. The summed E-state index contributed by atoms with van der Waals surface area (Å²) in [6.07, 6.45) is -0.0326. The number of nitrogens with one attached hydrogen (secondary N) is 1. The Morgan fingerprint density at radius 2 is 1.78 bits per heavy atom. The normalized spacial score (nSPS) is 13.9. The first-order valence-electron chi connectivity index (χ1n) is 9.12. The zero-order valence-corrected chi connectivity index (χ0v) is 16.5. The van der Waals surface area contributed by atoms with Crippen LogP contribution in [0.1, 0.15) is 57.6 Å². The molecule has 150 valence electrons. The standard InChI is InChI=1S/C20H31N3O4/c1-12(2)20(3,4)15-8-6-5-7-13(15)14(19(26)27)9-10-23-18(25)16(21)11-17(22)24/h5-8,12,14,16H,9-11,21H2,1-4H3,(H2,22,24)(H,23,25)(H,26,27)/t14?,16-/m0/s1. The number of hydrogen-bond donors (Lipinski definition) is 4. The molecule has 0 heterocycles. The number of hydrogen-bond acceptors (Lipinski definition) is 4. The first-order chi connectivity index (χ1) is 12.5. The summed E-state index contributed by atoms with van der Waals surface area (Å²) in [4.78, 5) is 34.6. The van der Waals surface area contributed by atoms with Crippen LogP contribution in [-0.4, -0.2) is 35.5 Å². The van der Waals surface area contributed by atoms with Crippen molar-refractivity contribution in [1.29, 1.82) is 0 Å². The molecular formula is C20H31N3O4. The first-order valence-corrected chi connectivity index (χ1v) is 9.12. The molecule has 0 aromatic heterocycles.